The van der Waals surface area contributed by atoms with Crippen LogP contribution in [0.25, 0.3) is 0 Å². The van der Waals surface area contributed by atoms with Crippen molar-refractivity contribution in [2.24, 2.45) is 0 Å². The molecule has 0 amide bonds. The summed E-state index contributed by atoms with van der Waals surface area (Å²) >= 11 is 0. The minimum absolute atomic E-state index is 0. The average molecular weight is 224 g/mol. The van der Waals surface area contributed by atoms with E-state index >= 15 is 0 Å². The molecule has 0 spiro atoms. The summed E-state index contributed by atoms with van der Waals surface area (Å²) in [4.78, 5) is 14.3. The first-order valence-corrected chi connectivity index (χ1v) is 1.95. The van der Waals surface area contributed by atoms with Crippen LogP contribution >= 0.6 is 0 Å². The SMILES string of the molecule is O=[Si](O)O.[Fe].[SrH2]. The summed E-state index contributed by atoms with van der Waals surface area (Å²) in [6.45, 7) is 0. The van der Waals surface area contributed by atoms with Crippen LogP contribution in [0.5, 0.6) is 0 Å². The monoisotopic (exact) mass is 224 g/mol. The molecule has 0 aromatic carbocycles. The average Bonchev–Trinajstić information content (AvgIpc) is 0.811. The van der Waals surface area contributed by atoms with E-state index in [1.165, 1.54) is 0 Å². The Kier molecular flexibility index (Phi) is 25.5. The summed E-state index contributed by atoms with van der Waals surface area (Å²) in [5, 5.41) is 0. The van der Waals surface area contributed by atoms with Crippen molar-refractivity contribution in [1.29, 1.82) is 0 Å². The normalized spacial score (nSPS) is 4.00. The summed E-state index contributed by atoms with van der Waals surface area (Å²) in [5.74, 6) is 0. The predicted octanol–water partition coefficient (Wildman–Crippen LogP) is -2.53. The van der Waals surface area contributed by atoms with Gasteiger partial charge < -0.3 is 9.59 Å². The van der Waals surface area contributed by atoms with Gasteiger partial charge >= 0.3 is 54.7 Å². The van der Waals surface area contributed by atoms with Crippen LogP contribution in [-0.2, 0) is 21.5 Å². The molecular weight excluding hydrogens is 220 g/mol. The van der Waals surface area contributed by atoms with Gasteiger partial charge in [0.1, 0.15) is 0 Å². The number of hydrogen-bond donors (Lipinski definition) is 2. The van der Waals surface area contributed by atoms with Gasteiger partial charge in [0.25, 0.3) is 0 Å². The van der Waals surface area contributed by atoms with Crippen molar-refractivity contribution in [3.63, 3.8) is 0 Å². The Morgan fingerprint density at radius 3 is 1.33 bits per heavy atom. The molecule has 0 heterocycles. The second-order valence-electron chi connectivity index (χ2n) is 0.283. The summed E-state index contributed by atoms with van der Waals surface area (Å²) in [6.07, 6.45) is 0. The topological polar surface area (TPSA) is 57.5 Å². The first-order valence-electron chi connectivity index (χ1n) is 0.651. The molecule has 6 heavy (non-hydrogen) atoms. The van der Waals surface area contributed by atoms with Crippen LogP contribution in [0, 0.1) is 0 Å². The Balaban J connectivity index is -0.0000000450. The van der Waals surface area contributed by atoms with Crippen LogP contribution in [0.15, 0.2) is 0 Å². The van der Waals surface area contributed by atoms with Crippen molar-refractivity contribution >= 4 is 54.7 Å². The molecule has 0 saturated carbocycles. The Morgan fingerprint density at radius 1 is 1.33 bits per heavy atom. The van der Waals surface area contributed by atoms with E-state index < -0.39 is 9.17 Å². The van der Waals surface area contributed by atoms with Crippen LogP contribution in [0.2, 0.25) is 0 Å². The van der Waals surface area contributed by atoms with E-state index in [2.05, 4.69) is 0 Å². The first kappa shape index (κ1) is 15.6. The molecular formula is H4FeO3SiSr. The summed E-state index contributed by atoms with van der Waals surface area (Å²) in [5.41, 5.74) is 0. The zero-order valence-corrected chi connectivity index (χ0v) is 4.26. The molecule has 0 unspecified atom stereocenters. The van der Waals surface area contributed by atoms with E-state index in [9.17, 15) is 0 Å². The second-order valence-corrected chi connectivity index (χ2v) is 0.848. The Hall–Kier alpha value is 1.62. The molecule has 0 atom stereocenters. The van der Waals surface area contributed by atoms with E-state index in [0.717, 1.165) is 0 Å². The summed E-state index contributed by atoms with van der Waals surface area (Å²) < 4.78 is 8.74. The maximum absolute atomic E-state index is 8.74. The van der Waals surface area contributed by atoms with Gasteiger partial charge in [-0.2, -0.15) is 0 Å². The van der Waals surface area contributed by atoms with Gasteiger partial charge in [0, 0.05) is 17.1 Å². The fraction of sp³-hybridized carbons (Fsp3) is 0. The first-order chi connectivity index (χ1) is 1.73. The van der Waals surface area contributed by atoms with Crippen molar-refractivity contribution in [3.8, 4) is 0 Å². The summed E-state index contributed by atoms with van der Waals surface area (Å²) in [6, 6.07) is 0. The molecule has 0 fully saturated rings. The van der Waals surface area contributed by atoms with Crippen LogP contribution in [0.1, 0.15) is 0 Å². The molecule has 0 aliphatic carbocycles. The van der Waals surface area contributed by atoms with Crippen molar-refractivity contribution in [3.05, 3.63) is 0 Å². The van der Waals surface area contributed by atoms with E-state index in [1.807, 2.05) is 0 Å². The maximum atomic E-state index is 8.74. The molecule has 2 N–H and O–H groups in total. The molecule has 0 aliphatic heterocycles. The van der Waals surface area contributed by atoms with E-state index in [4.69, 9.17) is 14.1 Å². The molecule has 0 aromatic heterocycles. The Bertz CT molecular complexity index is 33.8. The van der Waals surface area contributed by atoms with Crippen LogP contribution in [-0.4, -0.2) is 64.2 Å². The van der Waals surface area contributed by atoms with Crippen molar-refractivity contribution in [2.45, 2.75) is 0 Å². The van der Waals surface area contributed by atoms with E-state index in [-0.39, 0.29) is 62.6 Å². The Morgan fingerprint density at radius 2 is 1.33 bits per heavy atom. The third kappa shape index (κ3) is 45.8. The molecule has 0 rings (SSSR count). The number of hydrogen-bond acceptors (Lipinski definition) is 1. The zero-order chi connectivity index (χ0) is 3.58. The van der Waals surface area contributed by atoms with Gasteiger partial charge in [0.15, 0.2) is 0 Å². The Labute approximate surface area is 84.4 Å². The van der Waals surface area contributed by atoms with Gasteiger partial charge in [0.05, 0.1) is 0 Å². The van der Waals surface area contributed by atoms with Gasteiger partial charge in [0.2, 0.25) is 0 Å². The minimum atomic E-state index is -3.13. The van der Waals surface area contributed by atoms with Gasteiger partial charge in [-0.05, 0) is 0 Å². The molecule has 0 aliphatic rings. The van der Waals surface area contributed by atoms with Crippen LogP contribution in [0.3, 0.4) is 0 Å². The molecule has 0 saturated heterocycles. The van der Waals surface area contributed by atoms with Crippen molar-refractivity contribution in [1.82, 2.24) is 0 Å². The predicted molar refractivity (Wildman–Crippen MR) is 19.4 cm³/mol. The fourth-order valence-electron chi connectivity index (χ4n) is 0. The fourth-order valence-corrected chi connectivity index (χ4v) is 0. The van der Waals surface area contributed by atoms with Crippen LogP contribution < -0.4 is 0 Å². The van der Waals surface area contributed by atoms with Gasteiger partial charge in [-0.3, -0.25) is 4.46 Å². The zero-order valence-electron chi connectivity index (χ0n) is 2.16. The van der Waals surface area contributed by atoms with E-state index in [0.29, 0.717) is 0 Å². The molecule has 36 valence electrons. The van der Waals surface area contributed by atoms with E-state index in [1.54, 1.807) is 0 Å². The number of rotatable bonds is 0. The molecule has 6 heteroatoms. The second kappa shape index (κ2) is 9.79. The van der Waals surface area contributed by atoms with Crippen molar-refractivity contribution < 1.29 is 31.1 Å². The van der Waals surface area contributed by atoms with Crippen LogP contribution in [0.4, 0.5) is 0 Å². The molecule has 0 bridgehead atoms. The third-order valence-corrected chi connectivity index (χ3v) is 0. The molecule has 0 aromatic rings. The molecule has 0 radical (unpaired) electrons. The molecule has 3 nitrogen and oxygen atoms in total. The quantitative estimate of drug-likeness (QED) is 0.445. The summed E-state index contributed by atoms with van der Waals surface area (Å²) in [7, 11) is -3.13. The third-order valence-electron chi connectivity index (χ3n) is 0. The van der Waals surface area contributed by atoms with Gasteiger partial charge in [-0.1, -0.05) is 0 Å². The van der Waals surface area contributed by atoms with Crippen molar-refractivity contribution in [2.75, 3.05) is 0 Å². The van der Waals surface area contributed by atoms with Gasteiger partial charge in [-0.15, -0.1) is 0 Å². The standard InChI is InChI=1S/Fe.H2O3Si.Sr.2H/c;1-4(2)3;;;/h;1-2H;;;. The van der Waals surface area contributed by atoms with Gasteiger partial charge in [-0.25, -0.2) is 0 Å².